The van der Waals surface area contributed by atoms with E-state index in [0.29, 0.717) is 5.89 Å². The highest BCUT2D eigenvalue weighted by Crippen LogP contribution is 2.24. The van der Waals surface area contributed by atoms with Crippen molar-refractivity contribution >= 4 is 11.6 Å². The molecule has 1 aromatic heterocycles. The molecule has 1 aliphatic heterocycles. The Kier molecular flexibility index (Phi) is 4.24. The summed E-state index contributed by atoms with van der Waals surface area (Å²) >= 11 is 0. The van der Waals surface area contributed by atoms with E-state index < -0.39 is 0 Å². The molecule has 22 heavy (non-hydrogen) atoms. The maximum atomic E-state index is 12.3. The summed E-state index contributed by atoms with van der Waals surface area (Å²) < 4.78 is 5.64. The number of nitrogens with zero attached hydrogens (tertiary/aromatic N) is 1. The Balaban J connectivity index is 1.74. The van der Waals surface area contributed by atoms with Gasteiger partial charge in [-0.3, -0.25) is 4.79 Å². The Hall–Kier alpha value is -2.14. The van der Waals surface area contributed by atoms with Crippen LogP contribution in [0.25, 0.3) is 11.5 Å². The predicted molar refractivity (Wildman–Crippen MR) is 85.6 cm³/mol. The summed E-state index contributed by atoms with van der Waals surface area (Å²) in [5.41, 5.74) is 2.55. The van der Waals surface area contributed by atoms with Gasteiger partial charge in [-0.1, -0.05) is 6.07 Å². The topological polar surface area (TPSA) is 67.2 Å². The Labute approximate surface area is 130 Å². The van der Waals surface area contributed by atoms with Gasteiger partial charge < -0.3 is 15.1 Å². The smallest absolute Gasteiger partial charge is 0.227 e. The lowest BCUT2D eigenvalue weighted by atomic mass is 9.97. The van der Waals surface area contributed by atoms with Crippen LogP contribution in [0, 0.1) is 19.8 Å². The van der Waals surface area contributed by atoms with Gasteiger partial charge in [0, 0.05) is 17.2 Å². The maximum Gasteiger partial charge on any atom is 0.227 e. The van der Waals surface area contributed by atoms with Crippen LogP contribution in [-0.4, -0.2) is 24.0 Å². The van der Waals surface area contributed by atoms with Gasteiger partial charge in [-0.2, -0.15) is 0 Å². The fourth-order valence-corrected chi connectivity index (χ4v) is 2.65. The Morgan fingerprint density at radius 1 is 1.32 bits per heavy atom. The molecule has 2 aromatic rings. The van der Waals surface area contributed by atoms with E-state index in [0.717, 1.165) is 48.6 Å². The minimum Gasteiger partial charge on any atom is -0.441 e. The summed E-state index contributed by atoms with van der Waals surface area (Å²) in [6, 6.07) is 7.64. The molecule has 116 valence electrons. The number of carbonyl (C=O) groups excluding carboxylic acids is 1. The molecule has 0 radical (unpaired) electrons. The number of aromatic nitrogens is 1. The van der Waals surface area contributed by atoms with Crippen LogP contribution in [-0.2, 0) is 4.79 Å². The lowest BCUT2D eigenvalue weighted by Gasteiger charge is -2.21. The number of aryl methyl sites for hydroxylation is 2. The van der Waals surface area contributed by atoms with Crippen molar-refractivity contribution in [1.82, 2.24) is 10.3 Å². The number of hydrogen-bond acceptors (Lipinski definition) is 4. The van der Waals surface area contributed by atoms with Gasteiger partial charge in [-0.15, -0.1) is 0 Å². The van der Waals surface area contributed by atoms with Gasteiger partial charge >= 0.3 is 0 Å². The first-order chi connectivity index (χ1) is 10.6. The van der Waals surface area contributed by atoms with Gasteiger partial charge in [0.25, 0.3) is 0 Å². The van der Waals surface area contributed by atoms with E-state index in [1.807, 2.05) is 38.1 Å². The molecule has 1 aromatic carbocycles. The lowest BCUT2D eigenvalue weighted by Crippen LogP contribution is -2.34. The molecule has 0 atom stereocenters. The van der Waals surface area contributed by atoms with Gasteiger partial charge in [0.2, 0.25) is 11.8 Å². The third-order valence-electron chi connectivity index (χ3n) is 4.12. The predicted octanol–water partition coefficient (Wildman–Crippen LogP) is 2.90. The molecule has 1 saturated heterocycles. The van der Waals surface area contributed by atoms with Crippen LogP contribution in [0.2, 0.25) is 0 Å². The van der Waals surface area contributed by atoms with E-state index in [2.05, 4.69) is 15.6 Å². The van der Waals surface area contributed by atoms with Crippen molar-refractivity contribution in [2.75, 3.05) is 18.4 Å². The van der Waals surface area contributed by atoms with Gasteiger partial charge in [0.1, 0.15) is 5.76 Å². The van der Waals surface area contributed by atoms with E-state index in [1.54, 1.807) is 0 Å². The standard InChI is InChI=1S/C17H21N3O2/c1-11-12(2)22-17(19-11)14-4-3-5-15(10-14)20-16(21)13-6-8-18-9-7-13/h3-5,10,13,18H,6-9H2,1-2H3,(H,20,21). The molecule has 3 rings (SSSR count). The van der Waals surface area contributed by atoms with Crippen LogP contribution in [0.4, 0.5) is 5.69 Å². The lowest BCUT2D eigenvalue weighted by molar-refractivity contribution is -0.120. The van der Waals surface area contributed by atoms with Gasteiger partial charge in [0.05, 0.1) is 5.69 Å². The highest BCUT2D eigenvalue weighted by Gasteiger charge is 2.21. The number of carbonyl (C=O) groups is 1. The normalized spacial score (nSPS) is 15.7. The van der Waals surface area contributed by atoms with Crippen LogP contribution in [0.1, 0.15) is 24.3 Å². The first kappa shape index (κ1) is 14.8. The number of nitrogens with one attached hydrogen (secondary N) is 2. The monoisotopic (exact) mass is 299 g/mol. The summed E-state index contributed by atoms with van der Waals surface area (Å²) in [5, 5.41) is 6.28. The summed E-state index contributed by atoms with van der Waals surface area (Å²) in [5.74, 6) is 1.60. The quantitative estimate of drug-likeness (QED) is 0.914. The van der Waals surface area contributed by atoms with Crippen LogP contribution in [0.5, 0.6) is 0 Å². The van der Waals surface area contributed by atoms with Crippen molar-refractivity contribution in [3.8, 4) is 11.5 Å². The number of benzene rings is 1. The summed E-state index contributed by atoms with van der Waals surface area (Å²) in [6.07, 6.45) is 1.79. The second-order valence-corrected chi connectivity index (χ2v) is 5.75. The third kappa shape index (κ3) is 3.20. The first-order valence-corrected chi connectivity index (χ1v) is 7.69. The molecule has 0 spiro atoms. The molecule has 0 bridgehead atoms. The molecule has 0 unspecified atom stereocenters. The average molecular weight is 299 g/mol. The molecule has 5 nitrogen and oxygen atoms in total. The average Bonchev–Trinajstić information content (AvgIpc) is 2.88. The van der Waals surface area contributed by atoms with E-state index >= 15 is 0 Å². The zero-order chi connectivity index (χ0) is 15.5. The second-order valence-electron chi connectivity index (χ2n) is 5.75. The molecular weight excluding hydrogens is 278 g/mol. The maximum absolute atomic E-state index is 12.3. The Morgan fingerprint density at radius 2 is 2.09 bits per heavy atom. The molecule has 2 N–H and O–H groups in total. The summed E-state index contributed by atoms with van der Waals surface area (Å²) in [6.45, 7) is 5.64. The van der Waals surface area contributed by atoms with Crippen molar-refractivity contribution < 1.29 is 9.21 Å². The van der Waals surface area contributed by atoms with Crippen LogP contribution in [0.15, 0.2) is 28.7 Å². The molecule has 1 aliphatic rings. The fraction of sp³-hybridized carbons (Fsp3) is 0.412. The minimum atomic E-state index is 0.0936. The fourth-order valence-electron chi connectivity index (χ4n) is 2.65. The van der Waals surface area contributed by atoms with E-state index in [1.165, 1.54) is 0 Å². The number of amides is 1. The number of piperidine rings is 1. The summed E-state index contributed by atoms with van der Waals surface area (Å²) in [4.78, 5) is 16.7. The zero-order valence-electron chi connectivity index (χ0n) is 13.0. The van der Waals surface area contributed by atoms with E-state index in [9.17, 15) is 4.79 Å². The van der Waals surface area contributed by atoms with Gasteiger partial charge in [-0.25, -0.2) is 4.98 Å². The van der Waals surface area contributed by atoms with Crippen LogP contribution < -0.4 is 10.6 Å². The first-order valence-electron chi connectivity index (χ1n) is 7.69. The highest BCUT2D eigenvalue weighted by molar-refractivity contribution is 5.93. The number of hydrogen-bond donors (Lipinski definition) is 2. The molecular formula is C17H21N3O2. The third-order valence-corrected chi connectivity index (χ3v) is 4.12. The van der Waals surface area contributed by atoms with E-state index in [4.69, 9.17) is 4.42 Å². The van der Waals surface area contributed by atoms with Crippen molar-refractivity contribution in [1.29, 1.82) is 0 Å². The Bertz CT molecular complexity index is 653. The molecule has 2 heterocycles. The van der Waals surface area contributed by atoms with Crippen LogP contribution >= 0.6 is 0 Å². The van der Waals surface area contributed by atoms with Crippen molar-refractivity contribution in [3.05, 3.63) is 35.7 Å². The second kappa shape index (κ2) is 6.32. The van der Waals surface area contributed by atoms with Gasteiger partial charge in [-0.05, 0) is 58.0 Å². The molecule has 0 saturated carbocycles. The Morgan fingerprint density at radius 3 is 2.77 bits per heavy atom. The molecule has 1 amide bonds. The number of anilines is 1. The summed E-state index contributed by atoms with van der Waals surface area (Å²) in [7, 11) is 0. The van der Waals surface area contributed by atoms with Crippen LogP contribution in [0.3, 0.4) is 0 Å². The van der Waals surface area contributed by atoms with Crippen molar-refractivity contribution in [2.45, 2.75) is 26.7 Å². The number of rotatable bonds is 3. The zero-order valence-corrected chi connectivity index (χ0v) is 13.0. The van der Waals surface area contributed by atoms with Crippen molar-refractivity contribution in [3.63, 3.8) is 0 Å². The van der Waals surface area contributed by atoms with Crippen molar-refractivity contribution in [2.24, 2.45) is 5.92 Å². The highest BCUT2D eigenvalue weighted by atomic mass is 16.4. The molecule has 5 heteroatoms. The minimum absolute atomic E-state index is 0.0936. The SMILES string of the molecule is Cc1nc(-c2cccc(NC(=O)C3CCNCC3)c2)oc1C. The van der Waals surface area contributed by atoms with E-state index in [-0.39, 0.29) is 11.8 Å². The largest absolute Gasteiger partial charge is 0.441 e. The van der Waals surface area contributed by atoms with Gasteiger partial charge in [0.15, 0.2) is 0 Å². The molecule has 1 fully saturated rings. The molecule has 0 aliphatic carbocycles. The number of oxazole rings is 1.